The minimum atomic E-state index is -0.760. The number of hydrogen-bond acceptors (Lipinski definition) is 8. The first kappa shape index (κ1) is 17.3. The number of hydrazone groups is 1. The second-order valence-corrected chi connectivity index (χ2v) is 4.89. The van der Waals surface area contributed by atoms with Gasteiger partial charge in [-0.15, -0.1) is 0 Å². The van der Waals surface area contributed by atoms with Crippen LogP contribution in [0.2, 0.25) is 5.02 Å². The van der Waals surface area contributed by atoms with E-state index in [9.17, 15) is 14.9 Å². The number of ether oxygens (including phenoxy) is 1. The molecule has 2 rings (SSSR count). The highest BCUT2D eigenvalue weighted by atomic mass is 35.5. The maximum Gasteiger partial charge on any atom is 0.514 e. The molecule has 11 nitrogen and oxygen atoms in total. The van der Waals surface area contributed by atoms with Crippen molar-refractivity contribution in [1.82, 2.24) is 25.6 Å². The Morgan fingerprint density at radius 2 is 2.25 bits per heavy atom. The molecule has 1 aromatic heterocycles. The molecule has 0 atom stereocenters. The zero-order valence-corrected chi connectivity index (χ0v) is 13.2. The number of carbonyl (C=O) groups excluding carboxylic acids is 1. The van der Waals surface area contributed by atoms with Crippen molar-refractivity contribution >= 4 is 29.2 Å². The first-order chi connectivity index (χ1) is 11.5. The third-order valence-electron chi connectivity index (χ3n) is 2.54. The number of para-hydroxylation sites is 1. The maximum absolute atomic E-state index is 11.7. The summed E-state index contributed by atoms with van der Waals surface area (Å²) in [6.45, 7) is 1.35. The molecule has 0 bridgehead atoms. The van der Waals surface area contributed by atoms with Gasteiger partial charge in [-0.05, 0) is 24.0 Å². The summed E-state index contributed by atoms with van der Waals surface area (Å²) in [6.07, 6.45) is 0. The Kier molecular flexibility index (Phi) is 5.73. The maximum atomic E-state index is 11.7. The van der Waals surface area contributed by atoms with Crippen LogP contribution >= 0.6 is 11.6 Å². The second kappa shape index (κ2) is 7.97. The lowest BCUT2D eigenvalue weighted by Gasteiger charge is -2.06. The monoisotopic (exact) mass is 353 g/mol. The first-order valence-electron chi connectivity index (χ1n) is 6.57. The molecule has 1 amide bonds. The molecule has 0 aliphatic rings. The number of benzene rings is 1. The van der Waals surface area contributed by atoms with E-state index < -0.39 is 16.8 Å². The Morgan fingerprint density at radius 3 is 2.92 bits per heavy atom. The van der Waals surface area contributed by atoms with Crippen molar-refractivity contribution in [3.05, 3.63) is 39.4 Å². The third kappa shape index (κ3) is 4.98. The molecule has 0 fully saturated rings. The van der Waals surface area contributed by atoms with Gasteiger partial charge in [0.2, 0.25) is 0 Å². The average molecular weight is 354 g/mol. The fraction of sp³-hybridized carbons (Fsp3) is 0.250. The number of hydrogen-bond donors (Lipinski definition) is 1. The van der Waals surface area contributed by atoms with E-state index in [1.165, 1.54) is 0 Å². The Morgan fingerprint density at radius 1 is 1.50 bits per heavy atom. The predicted octanol–water partition coefficient (Wildman–Crippen LogP) is 0.806. The summed E-state index contributed by atoms with van der Waals surface area (Å²) >= 11 is 5.89. The van der Waals surface area contributed by atoms with Crippen LogP contribution in [-0.4, -0.2) is 43.4 Å². The van der Waals surface area contributed by atoms with E-state index in [0.29, 0.717) is 16.5 Å². The lowest BCUT2D eigenvalue weighted by Crippen LogP contribution is -2.26. The third-order valence-corrected chi connectivity index (χ3v) is 2.85. The molecule has 126 valence electrons. The van der Waals surface area contributed by atoms with E-state index in [2.05, 4.69) is 25.9 Å². The summed E-state index contributed by atoms with van der Waals surface area (Å²) in [4.78, 5) is 22.3. The molecule has 0 spiro atoms. The molecule has 0 saturated carbocycles. The molecule has 24 heavy (non-hydrogen) atoms. The standard InChI is InChI=1S/C12H12ClN7O4/c1-8(6-19-17-12(16-18-19)20(22)23)14-15-11(21)7-24-10-5-3-2-4-9(10)13/h2-5H,6-7H2,1H3,(H,15,21)/b14-8-. The van der Waals surface area contributed by atoms with E-state index in [4.69, 9.17) is 16.3 Å². The Hall–Kier alpha value is -3.08. The minimum absolute atomic E-state index is 0.0342. The van der Waals surface area contributed by atoms with Crippen LogP contribution in [-0.2, 0) is 11.3 Å². The number of carbonyl (C=O) groups is 1. The number of nitro groups is 1. The van der Waals surface area contributed by atoms with Gasteiger partial charge < -0.3 is 14.9 Å². The molecular formula is C12H12ClN7O4. The summed E-state index contributed by atoms with van der Waals surface area (Å²) in [5.74, 6) is -0.721. The van der Waals surface area contributed by atoms with Gasteiger partial charge in [-0.3, -0.25) is 4.79 Å². The summed E-state index contributed by atoms with van der Waals surface area (Å²) in [6, 6.07) is 6.74. The van der Waals surface area contributed by atoms with Crippen molar-refractivity contribution in [2.24, 2.45) is 5.10 Å². The van der Waals surface area contributed by atoms with Gasteiger partial charge in [0.1, 0.15) is 12.3 Å². The normalized spacial score (nSPS) is 11.2. The summed E-state index contributed by atoms with van der Waals surface area (Å²) < 4.78 is 5.25. The van der Waals surface area contributed by atoms with Crippen molar-refractivity contribution in [3.63, 3.8) is 0 Å². The van der Waals surface area contributed by atoms with Crippen LogP contribution in [0.3, 0.4) is 0 Å². The minimum Gasteiger partial charge on any atom is -0.482 e. The molecule has 1 heterocycles. The first-order valence-corrected chi connectivity index (χ1v) is 6.95. The smallest absolute Gasteiger partial charge is 0.482 e. The molecule has 0 radical (unpaired) electrons. The number of halogens is 1. The fourth-order valence-corrected chi connectivity index (χ4v) is 1.70. The number of rotatable bonds is 7. The van der Waals surface area contributed by atoms with Crippen molar-refractivity contribution in [2.45, 2.75) is 13.5 Å². The van der Waals surface area contributed by atoms with Gasteiger partial charge in [-0.2, -0.15) is 5.10 Å². The Balaban J connectivity index is 1.81. The zero-order chi connectivity index (χ0) is 17.5. The van der Waals surface area contributed by atoms with Gasteiger partial charge >= 0.3 is 5.95 Å². The zero-order valence-electron chi connectivity index (χ0n) is 12.4. The summed E-state index contributed by atoms with van der Waals surface area (Å²) in [5, 5.41) is 24.9. The fourth-order valence-electron chi connectivity index (χ4n) is 1.51. The van der Waals surface area contributed by atoms with Crippen LogP contribution < -0.4 is 10.2 Å². The van der Waals surface area contributed by atoms with Crippen molar-refractivity contribution in [2.75, 3.05) is 6.61 Å². The number of nitrogens with one attached hydrogen (secondary N) is 1. The van der Waals surface area contributed by atoms with E-state index in [1.807, 2.05) is 0 Å². The average Bonchev–Trinajstić information content (AvgIpc) is 3.01. The number of tetrazole rings is 1. The summed E-state index contributed by atoms with van der Waals surface area (Å²) in [7, 11) is 0. The predicted molar refractivity (Wildman–Crippen MR) is 82.7 cm³/mol. The quantitative estimate of drug-likeness (QED) is 0.441. The van der Waals surface area contributed by atoms with E-state index in [1.54, 1.807) is 31.2 Å². The Bertz CT molecular complexity index is 776. The van der Waals surface area contributed by atoms with E-state index in [0.717, 1.165) is 4.80 Å². The van der Waals surface area contributed by atoms with Crippen LogP contribution in [0.1, 0.15) is 6.92 Å². The second-order valence-electron chi connectivity index (χ2n) is 4.48. The molecule has 0 saturated heterocycles. The van der Waals surface area contributed by atoms with Gasteiger partial charge in [0.05, 0.1) is 20.9 Å². The number of aromatic nitrogens is 4. The molecule has 0 aliphatic carbocycles. The van der Waals surface area contributed by atoms with Crippen molar-refractivity contribution < 1.29 is 14.5 Å². The van der Waals surface area contributed by atoms with E-state index >= 15 is 0 Å². The largest absolute Gasteiger partial charge is 0.514 e. The van der Waals surface area contributed by atoms with Crippen molar-refractivity contribution in [3.8, 4) is 5.75 Å². The van der Waals surface area contributed by atoms with Gasteiger partial charge in [0.25, 0.3) is 5.91 Å². The van der Waals surface area contributed by atoms with Crippen LogP contribution in [0.4, 0.5) is 5.95 Å². The van der Waals surface area contributed by atoms with Crippen LogP contribution in [0.5, 0.6) is 5.75 Å². The Labute approximate surface area is 140 Å². The van der Waals surface area contributed by atoms with Gasteiger partial charge in [0.15, 0.2) is 6.61 Å². The molecule has 2 aromatic rings. The lowest BCUT2D eigenvalue weighted by molar-refractivity contribution is -0.394. The molecule has 1 N–H and O–H groups in total. The van der Waals surface area contributed by atoms with Crippen molar-refractivity contribution in [1.29, 1.82) is 0 Å². The van der Waals surface area contributed by atoms with Gasteiger partial charge in [-0.25, -0.2) is 5.43 Å². The molecule has 0 aliphatic heterocycles. The van der Waals surface area contributed by atoms with Crippen LogP contribution in [0, 0.1) is 10.1 Å². The van der Waals surface area contributed by atoms with Crippen LogP contribution in [0.15, 0.2) is 29.4 Å². The van der Waals surface area contributed by atoms with Crippen LogP contribution in [0.25, 0.3) is 0 Å². The molecule has 1 aromatic carbocycles. The molecule has 12 heteroatoms. The number of nitrogens with zero attached hydrogens (tertiary/aromatic N) is 6. The summed E-state index contributed by atoms with van der Waals surface area (Å²) in [5.41, 5.74) is 2.69. The van der Waals surface area contributed by atoms with Gasteiger partial charge in [-0.1, -0.05) is 28.5 Å². The van der Waals surface area contributed by atoms with Gasteiger partial charge in [0, 0.05) is 5.21 Å². The lowest BCUT2D eigenvalue weighted by atomic mass is 10.3. The molecular weight excluding hydrogens is 342 g/mol. The topological polar surface area (TPSA) is 137 Å². The number of amides is 1. The highest BCUT2D eigenvalue weighted by Crippen LogP contribution is 2.22. The SMILES string of the molecule is C/C(Cn1nnc([N+](=O)[O-])n1)=N/NC(=O)COc1ccccc1Cl. The van der Waals surface area contributed by atoms with E-state index in [-0.39, 0.29) is 13.2 Å². The molecule has 0 unspecified atom stereocenters. The highest BCUT2D eigenvalue weighted by molar-refractivity contribution is 6.32. The highest BCUT2D eigenvalue weighted by Gasteiger charge is 2.15.